The molecule has 0 aromatic carbocycles. The van der Waals surface area contributed by atoms with Crippen LogP contribution in [-0.2, 0) is 14.3 Å². The van der Waals surface area contributed by atoms with E-state index in [4.69, 9.17) is 4.74 Å². The van der Waals surface area contributed by atoms with E-state index in [-0.39, 0.29) is 18.5 Å². The van der Waals surface area contributed by atoms with Crippen LogP contribution in [0, 0.1) is 5.92 Å². The van der Waals surface area contributed by atoms with Crippen molar-refractivity contribution in [3.63, 3.8) is 0 Å². The van der Waals surface area contributed by atoms with Crippen LogP contribution in [0.5, 0.6) is 0 Å². The minimum Gasteiger partial charge on any atom is -0.458 e. The van der Waals surface area contributed by atoms with Gasteiger partial charge in [0.2, 0.25) is 0 Å². The molecule has 0 amide bonds. The number of hydrogen-bond acceptors (Lipinski definition) is 3. The van der Waals surface area contributed by atoms with E-state index in [9.17, 15) is 9.59 Å². The minimum atomic E-state index is -0.174. The average molecular weight is 298 g/mol. The molecule has 0 rings (SSSR count). The van der Waals surface area contributed by atoms with Crippen LogP contribution in [0.2, 0.25) is 0 Å². The Balaban J connectivity index is 3.93. The molecule has 0 bridgehead atoms. The van der Waals surface area contributed by atoms with E-state index in [0.717, 1.165) is 25.7 Å². The second kappa shape index (κ2) is 15.5. The summed E-state index contributed by atoms with van der Waals surface area (Å²) in [5, 5.41) is 0. The predicted octanol–water partition coefficient (Wildman–Crippen LogP) is 5.07. The molecule has 21 heavy (non-hydrogen) atoms. The summed E-state index contributed by atoms with van der Waals surface area (Å²) in [6.07, 6.45) is 14.6. The van der Waals surface area contributed by atoms with Crippen LogP contribution in [0.15, 0.2) is 0 Å². The number of hydrogen-bond donors (Lipinski definition) is 0. The van der Waals surface area contributed by atoms with Gasteiger partial charge in [0.15, 0.2) is 6.29 Å². The first-order chi connectivity index (χ1) is 10.3. The van der Waals surface area contributed by atoms with E-state index >= 15 is 0 Å². The van der Waals surface area contributed by atoms with E-state index in [1.54, 1.807) is 0 Å². The van der Waals surface area contributed by atoms with Crippen molar-refractivity contribution in [3.8, 4) is 0 Å². The lowest BCUT2D eigenvalue weighted by atomic mass is 9.94. The Labute approximate surface area is 130 Å². The third kappa shape index (κ3) is 12.6. The van der Waals surface area contributed by atoms with Crippen LogP contribution in [0.1, 0.15) is 90.9 Å². The van der Waals surface area contributed by atoms with Crippen molar-refractivity contribution in [3.05, 3.63) is 0 Å². The molecule has 0 radical (unpaired) electrons. The molecule has 3 nitrogen and oxygen atoms in total. The summed E-state index contributed by atoms with van der Waals surface area (Å²) in [6.45, 7) is 4.31. The van der Waals surface area contributed by atoms with E-state index in [1.807, 2.05) is 0 Å². The van der Waals surface area contributed by atoms with Gasteiger partial charge < -0.3 is 4.74 Å². The maximum absolute atomic E-state index is 12.0. The number of esters is 1. The number of carbonyl (C=O) groups excluding carboxylic acids is 2. The van der Waals surface area contributed by atoms with Gasteiger partial charge in [0, 0.05) is 0 Å². The van der Waals surface area contributed by atoms with Gasteiger partial charge in [0.1, 0.15) is 6.61 Å². The maximum Gasteiger partial charge on any atom is 0.309 e. The lowest BCUT2D eigenvalue weighted by molar-refractivity contribution is -0.150. The zero-order valence-corrected chi connectivity index (χ0v) is 14.1. The largest absolute Gasteiger partial charge is 0.458 e. The predicted molar refractivity (Wildman–Crippen MR) is 87.3 cm³/mol. The van der Waals surface area contributed by atoms with Gasteiger partial charge in [-0.05, 0) is 12.8 Å². The van der Waals surface area contributed by atoms with Gasteiger partial charge in [-0.2, -0.15) is 0 Å². The molecule has 0 spiro atoms. The van der Waals surface area contributed by atoms with Crippen LogP contribution in [-0.4, -0.2) is 18.9 Å². The Morgan fingerprint density at radius 1 is 0.857 bits per heavy atom. The van der Waals surface area contributed by atoms with Crippen molar-refractivity contribution in [1.29, 1.82) is 0 Å². The summed E-state index contributed by atoms with van der Waals surface area (Å²) in [7, 11) is 0. The number of ether oxygens (including phenoxy) is 1. The molecule has 0 heterocycles. The summed E-state index contributed by atoms with van der Waals surface area (Å²) in [5.41, 5.74) is 0. The number of unbranched alkanes of at least 4 members (excludes halogenated alkanes) is 8. The second-order valence-electron chi connectivity index (χ2n) is 5.90. The van der Waals surface area contributed by atoms with Gasteiger partial charge in [-0.15, -0.1) is 0 Å². The van der Waals surface area contributed by atoms with Crippen LogP contribution in [0.25, 0.3) is 0 Å². The van der Waals surface area contributed by atoms with Crippen LogP contribution < -0.4 is 0 Å². The highest BCUT2D eigenvalue weighted by molar-refractivity contribution is 5.73. The third-order valence-corrected chi connectivity index (χ3v) is 3.94. The Kier molecular flexibility index (Phi) is 14.9. The molecule has 0 aliphatic rings. The van der Waals surface area contributed by atoms with E-state index in [0.29, 0.717) is 6.29 Å². The van der Waals surface area contributed by atoms with Gasteiger partial charge in [-0.3, -0.25) is 9.59 Å². The molecule has 0 fully saturated rings. The fourth-order valence-electron chi connectivity index (χ4n) is 2.60. The van der Waals surface area contributed by atoms with Crippen molar-refractivity contribution in [2.45, 2.75) is 90.9 Å². The number of carbonyl (C=O) groups is 2. The van der Waals surface area contributed by atoms with Crippen molar-refractivity contribution in [2.24, 2.45) is 5.92 Å². The molecule has 124 valence electrons. The summed E-state index contributed by atoms with van der Waals surface area (Å²) in [5.74, 6) is -0.180. The summed E-state index contributed by atoms with van der Waals surface area (Å²) in [4.78, 5) is 22.3. The standard InChI is InChI=1S/C18H34O3/c1-3-5-7-9-10-12-14-17(13-11-8-6-4-2)18(20)21-16-15-19/h15,17H,3-14,16H2,1-2H3. The Hall–Kier alpha value is -0.860. The molecule has 0 aromatic heterocycles. The highest BCUT2D eigenvalue weighted by Gasteiger charge is 2.19. The van der Waals surface area contributed by atoms with Crippen molar-refractivity contribution >= 4 is 12.3 Å². The first-order valence-electron chi connectivity index (χ1n) is 8.86. The zero-order chi connectivity index (χ0) is 15.8. The first kappa shape index (κ1) is 20.1. The fraction of sp³-hybridized carbons (Fsp3) is 0.889. The normalized spacial score (nSPS) is 12.1. The van der Waals surface area contributed by atoms with Gasteiger partial charge in [-0.25, -0.2) is 0 Å². The quantitative estimate of drug-likeness (QED) is 0.241. The summed E-state index contributed by atoms with van der Waals surface area (Å²) in [6, 6.07) is 0. The topological polar surface area (TPSA) is 43.4 Å². The maximum atomic E-state index is 12.0. The molecule has 3 heteroatoms. The average Bonchev–Trinajstić information content (AvgIpc) is 2.50. The molecular weight excluding hydrogens is 264 g/mol. The zero-order valence-electron chi connectivity index (χ0n) is 14.1. The number of rotatable bonds is 15. The summed E-state index contributed by atoms with van der Waals surface area (Å²) < 4.78 is 5.00. The van der Waals surface area contributed by atoms with Crippen LogP contribution in [0.4, 0.5) is 0 Å². The number of aldehydes is 1. The summed E-state index contributed by atoms with van der Waals surface area (Å²) >= 11 is 0. The fourth-order valence-corrected chi connectivity index (χ4v) is 2.60. The first-order valence-corrected chi connectivity index (χ1v) is 8.86. The molecule has 0 aliphatic carbocycles. The Morgan fingerprint density at radius 3 is 1.86 bits per heavy atom. The highest BCUT2D eigenvalue weighted by Crippen LogP contribution is 2.20. The molecule has 1 unspecified atom stereocenters. The Morgan fingerprint density at radius 2 is 1.33 bits per heavy atom. The van der Waals surface area contributed by atoms with Gasteiger partial charge in [0.05, 0.1) is 5.92 Å². The molecular formula is C18H34O3. The van der Waals surface area contributed by atoms with Gasteiger partial charge in [-0.1, -0.05) is 78.1 Å². The van der Waals surface area contributed by atoms with Crippen LogP contribution in [0.3, 0.4) is 0 Å². The monoisotopic (exact) mass is 298 g/mol. The molecule has 1 atom stereocenters. The molecule has 0 aliphatic heterocycles. The minimum absolute atomic E-state index is 0.00650. The van der Waals surface area contributed by atoms with Crippen LogP contribution >= 0.6 is 0 Å². The highest BCUT2D eigenvalue weighted by atomic mass is 16.5. The van der Waals surface area contributed by atoms with Gasteiger partial charge >= 0.3 is 5.97 Å². The molecule has 0 aromatic rings. The second-order valence-corrected chi connectivity index (χ2v) is 5.90. The lowest BCUT2D eigenvalue weighted by Crippen LogP contribution is -2.19. The SMILES string of the molecule is CCCCCCCCC(CCCCCC)C(=O)OCC=O. The van der Waals surface area contributed by atoms with E-state index in [1.165, 1.54) is 51.4 Å². The van der Waals surface area contributed by atoms with E-state index in [2.05, 4.69) is 13.8 Å². The Bertz CT molecular complexity index is 251. The van der Waals surface area contributed by atoms with Gasteiger partial charge in [0.25, 0.3) is 0 Å². The smallest absolute Gasteiger partial charge is 0.309 e. The van der Waals surface area contributed by atoms with Crippen molar-refractivity contribution in [2.75, 3.05) is 6.61 Å². The van der Waals surface area contributed by atoms with Crippen molar-refractivity contribution in [1.82, 2.24) is 0 Å². The van der Waals surface area contributed by atoms with E-state index < -0.39 is 0 Å². The van der Waals surface area contributed by atoms with Crippen molar-refractivity contribution < 1.29 is 14.3 Å². The molecule has 0 saturated heterocycles. The molecule has 0 saturated carbocycles. The lowest BCUT2D eigenvalue weighted by Gasteiger charge is -2.15. The molecule has 0 N–H and O–H groups in total. The third-order valence-electron chi connectivity index (χ3n) is 3.94.